The van der Waals surface area contributed by atoms with Gasteiger partial charge in [0, 0.05) is 43.9 Å². The molecule has 1 atom stereocenters. The van der Waals surface area contributed by atoms with Crippen LogP contribution in [-0.2, 0) is 28.9 Å². The monoisotopic (exact) mass is 379 g/mol. The van der Waals surface area contributed by atoms with Crippen LogP contribution < -0.4 is 0 Å². The molecule has 152 valence electrons. The van der Waals surface area contributed by atoms with E-state index in [0.717, 1.165) is 63.0 Å². The van der Waals surface area contributed by atoms with Crippen molar-refractivity contribution in [1.29, 1.82) is 0 Å². The summed E-state index contributed by atoms with van der Waals surface area (Å²) in [6, 6.07) is 0. The number of piperazine rings is 1. The molecular weight excluding hydrogens is 346 g/mol. The zero-order valence-corrected chi connectivity index (χ0v) is 16.8. The summed E-state index contributed by atoms with van der Waals surface area (Å²) in [6.45, 7) is 8.33. The molecular formula is C20H33N3O4. The zero-order chi connectivity index (χ0) is 19.6. The highest BCUT2D eigenvalue weighted by Gasteiger charge is 2.28. The van der Waals surface area contributed by atoms with E-state index in [0.29, 0.717) is 6.54 Å². The average molecular weight is 380 g/mol. The topological polar surface area (TPSA) is 78.2 Å². The number of carbonyl (C=O) groups excluding carboxylic acids is 1. The Bertz CT molecular complexity index is 633. The van der Waals surface area contributed by atoms with Crippen LogP contribution in [0.1, 0.15) is 37.8 Å². The van der Waals surface area contributed by atoms with Crippen molar-refractivity contribution in [2.24, 2.45) is 5.92 Å². The molecule has 0 radical (unpaired) electrons. The van der Waals surface area contributed by atoms with Crippen LogP contribution in [0.2, 0.25) is 0 Å². The molecule has 1 aromatic rings. The Kier molecular flexibility index (Phi) is 6.32. The van der Waals surface area contributed by atoms with Crippen LogP contribution in [-0.4, -0.2) is 76.4 Å². The maximum atomic E-state index is 12.2. The summed E-state index contributed by atoms with van der Waals surface area (Å²) in [7, 11) is 2.11. The molecule has 0 spiro atoms. The lowest BCUT2D eigenvalue weighted by molar-refractivity contribution is -0.154. The number of aromatic hydroxyl groups is 2. The highest BCUT2D eigenvalue weighted by molar-refractivity contribution is 5.71. The lowest BCUT2D eigenvalue weighted by Crippen LogP contribution is -2.48. The molecule has 1 unspecified atom stereocenters. The molecule has 2 heterocycles. The Hall–Kier alpha value is -1.73. The summed E-state index contributed by atoms with van der Waals surface area (Å²) < 4.78 is 7.28. The zero-order valence-electron chi connectivity index (χ0n) is 16.8. The molecule has 1 fully saturated rings. The summed E-state index contributed by atoms with van der Waals surface area (Å²) in [4.78, 5) is 16.8. The molecule has 0 amide bonds. The van der Waals surface area contributed by atoms with E-state index in [9.17, 15) is 15.0 Å². The molecule has 1 aromatic heterocycles. The second kappa shape index (κ2) is 8.52. The van der Waals surface area contributed by atoms with Crippen LogP contribution >= 0.6 is 0 Å². The second-order valence-corrected chi connectivity index (χ2v) is 8.24. The largest absolute Gasteiger partial charge is 0.494 e. The van der Waals surface area contributed by atoms with E-state index in [2.05, 4.69) is 16.8 Å². The van der Waals surface area contributed by atoms with Crippen LogP contribution in [0, 0.1) is 5.92 Å². The Morgan fingerprint density at radius 3 is 2.07 bits per heavy atom. The number of nitrogens with zero attached hydrogens (tertiary/aromatic N) is 3. The lowest BCUT2D eigenvalue weighted by atomic mass is 9.95. The maximum absolute atomic E-state index is 12.2. The number of ether oxygens (including phenoxy) is 1. The van der Waals surface area contributed by atoms with E-state index in [-0.39, 0.29) is 30.2 Å². The molecule has 1 saturated heterocycles. The van der Waals surface area contributed by atoms with Gasteiger partial charge in [0.25, 0.3) is 0 Å². The molecule has 7 nitrogen and oxygen atoms in total. The summed E-state index contributed by atoms with van der Waals surface area (Å²) in [5.74, 6) is -0.192. The molecule has 0 bridgehead atoms. The van der Waals surface area contributed by atoms with Gasteiger partial charge in [0.15, 0.2) is 11.8 Å². The SMILES string of the molecule is CC(C)C(=O)OC(CN1CCN(C)CC1)Cn1c(O)c2c(c1O)CCCC2. The van der Waals surface area contributed by atoms with Crippen molar-refractivity contribution in [1.82, 2.24) is 14.4 Å². The third-order valence-electron chi connectivity index (χ3n) is 5.72. The van der Waals surface area contributed by atoms with Gasteiger partial charge in [0.05, 0.1) is 12.5 Å². The second-order valence-electron chi connectivity index (χ2n) is 8.24. The molecule has 3 rings (SSSR count). The van der Waals surface area contributed by atoms with Crippen LogP contribution in [0.5, 0.6) is 11.8 Å². The molecule has 0 aromatic carbocycles. The molecule has 27 heavy (non-hydrogen) atoms. The van der Waals surface area contributed by atoms with Gasteiger partial charge in [0.1, 0.15) is 6.10 Å². The van der Waals surface area contributed by atoms with Crippen LogP contribution in [0.3, 0.4) is 0 Å². The molecule has 2 N–H and O–H groups in total. The van der Waals surface area contributed by atoms with Gasteiger partial charge in [-0.25, -0.2) is 0 Å². The number of fused-ring (bicyclic) bond motifs is 1. The standard InChI is InChI=1S/C20H33N3O4/c1-14(2)20(26)27-15(12-22-10-8-21(3)9-11-22)13-23-18(24)16-6-4-5-7-17(16)19(23)25/h14-15,24-25H,4-13H2,1-3H3. The van der Waals surface area contributed by atoms with Gasteiger partial charge in [-0.3, -0.25) is 14.3 Å². The van der Waals surface area contributed by atoms with Crippen molar-refractivity contribution in [3.8, 4) is 11.8 Å². The van der Waals surface area contributed by atoms with Crippen molar-refractivity contribution in [3.05, 3.63) is 11.1 Å². The first-order chi connectivity index (χ1) is 12.9. The number of aromatic nitrogens is 1. The van der Waals surface area contributed by atoms with Crippen LogP contribution in [0.15, 0.2) is 0 Å². The number of carbonyl (C=O) groups is 1. The minimum Gasteiger partial charge on any atom is -0.494 e. The minimum absolute atomic E-state index is 0.131. The first-order valence-corrected chi connectivity index (χ1v) is 10.1. The van der Waals surface area contributed by atoms with E-state index < -0.39 is 6.10 Å². The molecule has 2 aliphatic rings. The highest BCUT2D eigenvalue weighted by atomic mass is 16.5. The van der Waals surface area contributed by atoms with Crippen molar-refractivity contribution in [2.45, 2.75) is 52.2 Å². The fourth-order valence-corrected chi connectivity index (χ4v) is 3.95. The summed E-state index contributed by atoms with van der Waals surface area (Å²) in [6.07, 6.45) is 3.22. The van der Waals surface area contributed by atoms with Gasteiger partial charge in [-0.1, -0.05) is 13.8 Å². The number of hydrogen-bond donors (Lipinski definition) is 2. The van der Waals surface area contributed by atoms with E-state index in [1.807, 2.05) is 13.8 Å². The van der Waals surface area contributed by atoms with E-state index in [4.69, 9.17) is 4.74 Å². The van der Waals surface area contributed by atoms with Crippen LogP contribution in [0.4, 0.5) is 0 Å². The minimum atomic E-state index is -0.408. The number of likely N-dealkylation sites (N-methyl/N-ethyl adjacent to an activating group) is 1. The Balaban J connectivity index is 1.76. The third kappa shape index (κ3) is 4.58. The van der Waals surface area contributed by atoms with Crippen molar-refractivity contribution in [2.75, 3.05) is 39.8 Å². The average Bonchev–Trinajstić information content (AvgIpc) is 2.88. The molecule has 1 aliphatic heterocycles. The first-order valence-electron chi connectivity index (χ1n) is 10.1. The summed E-state index contributed by atoms with van der Waals surface area (Å²) >= 11 is 0. The molecule has 1 aliphatic carbocycles. The third-order valence-corrected chi connectivity index (χ3v) is 5.72. The quantitative estimate of drug-likeness (QED) is 0.731. The van der Waals surface area contributed by atoms with Crippen molar-refractivity contribution < 1.29 is 19.7 Å². The Morgan fingerprint density at radius 1 is 1.00 bits per heavy atom. The van der Waals surface area contributed by atoms with Gasteiger partial charge >= 0.3 is 5.97 Å². The predicted octanol–water partition coefficient (Wildman–Crippen LogP) is 1.59. The highest BCUT2D eigenvalue weighted by Crippen LogP contribution is 2.38. The summed E-state index contributed by atoms with van der Waals surface area (Å²) in [5.41, 5.74) is 1.71. The van der Waals surface area contributed by atoms with Crippen molar-refractivity contribution in [3.63, 3.8) is 0 Å². The Morgan fingerprint density at radius 2 is 1.56 bits per heavy atom. The lowest BCUT2D eigenvalue weighted by Gasteiger charge is -2.34. The number of rotatable bonds is 6. The van der Waals surface area contributed by atoms with Gasteiger partial charge in [-0.2, -0.15) is 0 Å². The Labute approximate surface area is 161 Å². The van der Waals surface area contributed by atoms with Crippen LogP contribution in [0.25, 0.3) is 0 Å². The molecule has 7 heteroatoms. The predicted molar refractivity (Wildman–Crippen MR) is 103 cm³/mol. The number of hydrogen-bond acceptors (Lipinski definition) is 6. The fraction of sp³-hybridized carbons (Fsp3) is 0.750. The van der Waals surface area contributed by atoms with Crippen molar-refractivity contribution >= 4 is 5.97 Å². The molecule has 0 saturated carbocycles. The first kappa shape index (κ1) is 20.0. The van der Waals surface area contributed by atoms with Gasteiger partial charge in [-0.15, -0.1) is 0 Å². The summed E-state index contributed by atoms with van der Waals surface area (Å²) in [5, 5.41) is 21.3. The fourth-order valence-electron chi connectivity index (χ4n) is 3.95. The van der Waals surface area contributed by atoms with E-state index in [1.165, 1.54) is 4.57 Å². The van der Waals surface area contributed by atoms with E-state index in [1.54, 1.807) is 0 Å². The van der Waals surface area contributed by atoms with E-state index >= 15 is 0 Å². The van der Waals surface area contributed by atoms with Gasteiger partial charge < -0.3 is 19.8 Å². The number of esters is 1. The smallest absolute Gasteiger partial charge is 0.308 e. The van der Waals surface area contributed by atoms with Gasteiger partial charge in [0.2, 0.25) is 0 Å². The normalized spacial score (nSPS) is 19.9. The maximum Gasteiger partial charge on any atom is 0.308 e. The van der Waals surface area contributed by atoms with Gasteiger partial charge in [-0.05, 0) is 32.7 Å².